The van der Waals surface area contributed by atoms with Crippen LogP contribution in [-0.4, -0.2) is 26.0 Å². The highest BCUT2D eigenvalue weighted by atomic mass is 16.5. The van der Waals surface area contributed by atoms with Crippen LogP contribution in [0.1, 0.15) is 40.5 Å². The third kappa shape index (κ3) is 3.90. The molecule has 92 valence electrons. The maximum Gasteiger partial charge on any atom is 0.338 e. The quantitative estimate of drug-likeness (QED) is 0.432. The van der Waals surface area contributed by atoms with E-state index in [0.29, 0.717) is 29.8 Å². The van der Waals surface area contributed by atoms with E-state index in [1.165, 1.54) is 13.2 Å². The third-order valence-corrected chi connectivity index (χ3v) is 2.25. The third-order valence-electron chi connectivity index (χ3n) is 2.25. The highest BCUT2D eigenvalue weighted by molar-refractivity contribution is 5.92. The Hall–Kier alpha value is -1.84. The van der Waals surface area contributed by atoms with Crippen molar-refractivity contribution in [3.8, 4) is 5.75 Å². The van der Waals surface area contributed by atoms with Gasteiger partial charge < -0.3 is 9.47 Å². The minimum atomic E-state index is -0.478. The van der Waals surface area contributed by atoms with Gasteiger partial charge in [0.1, 0.15) is 12.0 Å². The van der Waals surface area contributed by atoms with Gasteiger partial charge in [0.15, 0.2) is 0 Å². The van der Waals surface area contributed by atoms with Crippen LogP contribution in [0.2, 0.25) is 0 Å². The van der Waals surface area contributed by atoms with Crippen LogP contribution in [0, 0.1) is 0 Å². The molecule has 0 N–H and O–H groups in total. The van der Waals surface area contributed by atoms with Gasteiger partial charge in [-0.2, -0.15) is 0 Å². The van der Waals surface area contributed by atoms with Gasteiger partial charge in [-0.15, -0.1) is 0 Å². The molecule has 0 saturated heterocycles. The van der Waals surface area contributed by atoms with E-state index in [-0.39, 0.29) is 0 Å². The summed E-state index contributed by atoms with van der Waals surface area (Å²) in [7, 11) is 1.30. The maximum atomic E-state index is 11.4. The number of rotatable bonds is 6. The smallest absolute Gasteiger partial charge is 0.338 e. The first kappa shape index (κ1) is 13.2. The predicted molar refractivity (Wildman–Crippen MR) is 63.6 cm³/mol. The number of hydrogen-bond acceptors (Lipinski definition) is 4. The molecule has 0 aliphatic carbocycles. The van der Waals surface area contributed by atoms with Crippen molar-refractivity contribution in [3.05, 3.63) is 29.3 Å². The first-order valence-corrected chi connectivity index (χ1v) is 5.52. The normalized spacial score (nSPS) is 9.76. The second-order valence-electron chi connectivity index (χ2n) is 3.60. The molecule has 0 bridgehead atoms. The molecule has 1 rings (SSSR count). The van der Waals surface area contributed by atoms with Gasteiger partial charge in [0.05, 0.1) is 19.3 Å². The van der Waals surface area contributed by atoms with E-state index < -0.39 is 5.97 Å². The Balaban J connectivity index is 2.89. The van der Waals surface area contributed by atoms with Crippen molar-refractivity contribution in [2.75, 3.05) is 13.7 Å². The molecule has 0 saturated carbocycles. The van der Waals surface area contributed by atoms with Crippen molar-refractivity contribution < 1.29 is 19.1 Å². The zero-order chi connectivity index (χ0) is 12.7. The van der Waals surface area contributed by atoms with Crippen LogP contribution in [-0.2, 0) is 4.74 Å². The summed E-state index contributed by atoms with van der Waals surface area (Å²) < 4.78 is 10.1. The summed E-state index contributed by atoms with van der Waals surface area (Å²) in [5.74, 6) is 0.0393. The van der Waals surface area contributed by atoms with Crippen molar-refractivity contribution in [3.63, 3.8) is 0 Å². The second-order valence-corrected chi connectivity index (χ2v) is 3.60. The molecule has 0 radical (unpaired) electrons. The second kappa shape index (κ2) is 6.68. The molecule has 0 spiro atoms. The molecular weight excluding hydrogens is 220 g/mol. The zero-order valence-corrected chi connectivity index (χ0v) is 10.1. The summed E-state index contributed by atoms with van der Waals surface area (Å²) in [4.78, 5) is 22.1. The number of carbonyl (C=O) groups is 2. The zero-order valence-electron chi connectivity index (χ0n) is 10.1. The Morgan fingerprint density at radius 3 is 2.71 bits per heavy atom. The summed E-state index contributed by atoms with van der Waals surface area (Å²) in [6.45, 7) is 2.63. The number of hydrogen-bond donors (Lipinski definition) is 0. The summed E-state index contributed by atoms with van der Waals surface area (Å²) in [6, 6.07) is 4.66. The topological polar surface area (TPSA) is 52.6 Å². The Morgan fingerprint density at radius 1 is 1.35 bits per heavy atom. The lowest BCUT2D eigenvalue weighted by Crippen LogP contribution is -2.04. The van der Waals surface area contributed by atoms with Crippen LogP contribution < -0.4 is 4.74 Å². The van der Waals surface area contributed by atoms with Crippen molar-refractivity contribution >= 4 is 12.3 Å². The molecule has 4 heteroatoms. The fraction of sp³-hybridized carbons (Fsp3) is 0.385. The fourth-order valence-corrected chi connectivity index (χ4v) is 1.34. The van der Waals surface area contributed by atoms with Crippen LogP contribution >= 0.6 is 0 Å². The Labute approximate surface area is 101 Å². The van der Waals surface area contributed by atoms with Gasteiger partial charge in [-0.05, 0) is 24.6 Å². The molecule has 1 aromatic rings. The van der Waals surface area contributed by atoms with Crippen LogP contribution in [0.5, 0.6) is 5.75 Å². The van der Waals surface area contributed by atoms with E-state index in [1.807, 2.05) is 0 Å². The largest absolute Gasteiger partial charge is 0.494 e. The lowest BCUT2D eigenvalue weighted by molar-refractivity contribution is 0.0600. The SMILES string of the molecule is CCCCOc1cc(C=O)cc(C(=O)OC)c1. The van der Waals surface area contributed by atoms with Gasteiger partial charge in [-0.1, -0.05) is 13.3 Å². The molecular formula is C13H16O4. The molecule has 0 fully saturated rings. The lowest BCUT2D eigenvalue weighted by Gasteiger charge is -2.08. The highest BCUT2D eigenvalue weighted by Gasteiger charge is 2.09. The molecule has 0 heterocycles. The van der Waals surface area contributed by atoms with Gasteiger partial charge in [0, 0.05) is 5.56 Å². The fourth-order valence-electron chi connectivity index (χ4n) is 1.34. The Morgan fingerprint density at radius 2 is 2.12 bits per heavy atom. The van der Waals surface area contributed by atoms with Crippen LogP contribution in [0.3, 0.4) is 0 Å². The number of methoxy groups -OCH3 is 1. The molecule has 0 atom stereocenters. The summed E-state index contributed by atoms with van der Waals surface area (Å²) in [6.07, 6.45) is 2.63. The Kier molecular flexibility index (Phi) is 5.20. The molecule has 0 amide bonds. The molecule has 0 aliphatic rings. The molecule has 0 unspecified atom stereocenters. The number of carbonyl (C=O) groups excluding carboxylic acids is 2. The monoisotopic (exact) mass is 236 g/mol. The molecule has 0 aromatic heterocycles. The minimum absolute atomic E-state index is 0.323. The number of esters is 1. The summed E-state index contributed by atoms with van der Waals surface area (Å²) in [5.41, 5.74) is 0.725. The van der Waals surface area contributed by atoms with Crippen molar-refractivity contribution in [2.45, 2.75) is 19.8 Å². The first-order valence-electron chi connectivity index (χ1n) is 5.52. The summed E-state index contributed by atoms with van der Waals surface area (Å²) in [5, 5.41) is 0. The lowest BCUT2D eigenvalue weighted by atomic mass is 10.1. The molecule has 4 nitrogen and oxygen atoms in total. The summed E-state index contributed by atoms with van der Waals surface area (Å²) >= 11 is 0. The van der Waals surface area contributed by atoms with Crippen LogP contribution in [0.15, 0.2) is 18.2 Å². The van der Waals surface area contributed by atoms with Crippen molar-refractivity contribution in [1.29, 1.82) is 0 Å². The minimum Gasteiger partial charge on any atom is -0.494 e. The number of benzene rings is 1. The average Bonchev–Trinajstić information content (AvgIpc) is 2.37. The average molecular weight is 236 g/mol. The highest BCUT2D eigenvalue weighted by Crippen LogP contribution is 2.17. The first-order chi connectivity index (χ1) is 8.21. The van der Waals surface area contributed by atoms with E-state index in [9.17, 15) is 9.59 Å². The van der Waals surface area contributed by atoms with E-state index in [0.717, 1.165) is 12.8 Å². The maximum absolute atomic E-state index is 11.4. The van der Waals surface area contributed by atoms with Crippen LogP contribution in [0.25, 0.3) is 0 Å². The van der Waals surface area contributed by atoms with Gasteiger partial charge in [0.2, 0.25) is 0 Å². The van der Waals surface area contributed by atoms with Gasteiger partial charge in [-0.3, -0.25) is 4.79 Å². The number of ether oxygens (including phenoxy) is 2. The molecule has 0 aliphatic heterocycles. The van der Waals surface area contributed by atoms with Gasteiger partial charge in [-0.25, -0.2) is 4.79 Å². The van der Waals surface area contributed by atoms with Gasteiger partial charge >= 0.3 is 5.97 Å². The van der Waals surface area contributed by atoms with E-state index in [4.69, 9.17) is 4.74 Å². The Bertz CT molecular complexity index is 398. The van der Waals surface area contributed by atoms with E-state index >= 15 is 0 Å². The van der Waals surface area contributed by atoms with Gasteiger partial charge in [0.25, 0.3) is 0 Å². The van der Waals surface area contributed by atoms with Crippen LogP contribution in [0.4, 0.5) is 0 Å². The molecule has 17 heavy (non-hydrogen) atoms. The molecule has 1 aromatic carbocycles. The standard InChI is InChI=1S/C13H16O4/c1-3-4-5-17-12-7-10(9-14)6-11(8-12)13(15)16-2/h6-9H,3-5H2,1-2H3. The number of unbranched alkanes of at least 4 members (excludes halogenated alkanes) is 1. The number of aldehydes is 1. The van der Waals surface area contributed by atoms with E-state index in [2.05, 4.69) is 11.7 Å². The predicted octanol–water partition coefficient (Wildman–Crippen LogP) is 2.46. The van der Waals surface area contributed by atoms with Crippen molar-refractivity contribution in [1.82, 2.24) is 0 Å². The van der Waals surface area contributed by atoms with Crippen molar-refractivity contribution in [2.24, 2.45) is 0 Å². The van der Waals surface area contributed by atoms with E-state index in [1.54, 1.807) is 12.1 Å².